The predicted octanol–water partition coefficient (Wildman–Crippen LogP) is 3.38. The molecule has 20 heavy (non-hydrogen) atoms. The molecule has 0 aliphatic carbocycles. The molecule has 2 heterocycles. The van der Waals surface area contributed by atoms with Gasteiger partial charge in [-0.3, -0.25) is 0 Å². The lowest BCUT2D eigenvalue weighted by atomic mass is 10.1. The van der Waals surface area contributed by atoms with E-state index in [2.05, 4.69) is 65.2 Å². The van der Waals surface area contributed by atoms with Crippen LogP contribution in [-0.2, 0) is 6.42 Å². The van der Waals surface area contributed by atoms with Crippen LogP contribution in [0.15, 0.2) is 36.5 Å². The van der Waals surface area contributed by atoms with Crippen molar-refractivity contribution >= 4 is 17.5 Å². The average Bonchev–Trinajstić information content (AvgIpc) is 2.74. The molecule has 2 aromatic rings. The van der Waals surface area contributed by atoms with Crippen LogP contribution < -0.4 is 10.2 Å². The van der Waals surface area contributed by atoms with E-state index in [1.807, 2.05) is 12.3 Å². The van der Waals surface area contributed by atoms with Gasteiger partial charge in [0, 0.05) is 24.0 Å². The van der Waals surface area contributed by atoms with Gasteiger partial charge in [-0.05, 0) is 44.9 Å². The SMILES string of the molecule is CC(C)Nc1nccc(N2c3ccccc3CC2C)n1. The minimum atomic E-state index is 0.327. The minimum absolute atomic E-state index is 0.327. The second kappa shape index (κ2) is 5.12. The molecule has 1 aliphatic rings. The molecular formula is C16H20N4. The molecule has 0 radical (unpaired) electrons. The predicted molar refractivity (Wildman–Crippen MR) is 82.5 cm³/mol. The monoisotopic (exact) mass is 268 g/mol. The summed E-state index contributed by atoms with van der Waals surface area (Å²) in [7, 11) is 0. The first-order valence-electron chi connectivity index (χ1n) is 7.12. The molecule has 0 saturated carbocycles. The number of benzene rings is 1. The molecular weight excluding hydrogens is 248 g/mol. The van der Waals surface area contributed by atoms with E-state index in [0.717, 1.165) is 12.2 Å². The Kier molecular flexibility index (Phi) is 3.30. The van der Waals surface area contributed by atoms with Crippen molar-refractivity contribution in [2.24, 2.45) is 0 Å². The molecule has 0 amide bonds. The fourth-order valence-corrected chi connectivity index (χ4v) is 2.73. The third-order valence-electron chi connectivity index (χ3n) is 3.51. The summed E-state index contributed by atoms with van der Waals surface area (Å²) in [5.41, 5.74) is 2.64. The highest BCUT2D eigenvalue weighted by Crippen LogP contribution is 2.37. The first-order chi connectivity index (χ1) is 9.65. The molecule has 1 aromatic heterocycles. The molecule has 0 spiro atoms. The first kappa shape index (κ1) is 12.9. The largest absolute Gasteiger partial charge is 0.352 e. The third kappa shape index (κ3) is 2.33. The topological polar surface area (TPSA) is 41.1 Å². The van der Waals surface area contributed by atoms with Gasteiger partial charge >= 0.3 is 0 Å². The Balaban J connectivity index is 1.97. The maximum absolute atomic E-state index is 4.65. The van der Waals surface area contributed by atoms with E-state index in [1.165, 1.54) is 11.3 Å². The first-order valence-corrected chi connectivity index (χ1v) is 7.12. The molecule has 1 unspecified atom stereocenters. The van der Waals surface area contributed by atoms with Crippen LogP contribution in [0.4, 0.5) is 17.5 Å². The number of rotatable bonds is 3. The number of nitrogens with one attached hydrogen (secondary N) is 1. The number of aromatic nitrogens is 2. The van der Waals surface area contributed by atoms with Gasteiger partial charge in [-0.1, -0.05) is 18.2 Å². The minimum Gasteiger partial charge on any atom is -0.352 e. The van der Waals surface area contributed by atoms with E-state index in [1.54, 1.807) is 0 Å². The second-order valence-electron chi connectivity index (χ2n) is 5.59. The lowest BCUT2D eigenvalue weighted by Gasteiger charge is -2.24. The fraction of sp³-hybridized carbons (Fsp3) is 0.375. The lowest BCUT2D eigenvalue weighted by molar-refractivity contribution is 0.748. The van der Waals surface area contributed by atoms with Gasteiger partial charge in [-0.15, -0.1) is 0 Å². The summed E-state index contributed by atoms with van der Waals surface area (Å²) in [6.07, 6.45) is 2.88. The van der Waals surface area contributed by atoms with Crippen molar-refractivity contribution in [2.75, 3.05) is 10.2 Å². The van der Waals surface area contributed by atoms with Gasteiger partial charge in [0.25, 0.3) is 0 Å². The van der Waals surface area contributed by atoms with Crippen LogP contribution in [-0.4, -0.2) is 22.1 Å². The van der Waals surface area contributed by atoms with E-state index in [4.69, 9.17) is 0 Å². The fourth-order valence-electron chi connectivity index (χ4n) is 2.73. The van der Waals surface area contributed by atoms with Crippen molar-refractivity contribution in [1.29, 1.82) is 0 Å². The molecule has 0 fully saturated rings. The van der Waals surface area contributed by atoms with Crippen molar-refractivity contribution < 1.29 is 0 Å². The van der Waals surface area contributed by atoms with Crippen LogP contribution in [0.1, 0.15) is 26.3 Å². The summed E-state index contributed by atoms with van der Waals surface area (Å²) >= 11 is 0. The summed E-state index contributed by atoms with van der Waals surface area (Å²) in [5, 5.41) is 3.26. The van der Waals surface area contributed by atoms with Gasteiger partial charge in [-0.25, -0.2) is 4.98 Å². The number of anilines is 3. The Labute approximate surface area is 119 Å². The highest BCUT2D eigenvalue weighted by Gasteiger charge is 2.27. The van der Waals surface area contributed by atoms with E-state index in [-0.39, 0.29) is 0 Å². The highest BCUT2D eigenvalue weighted by molar-refractivity contribution is 5.69. The number of nitrogens with zero attached hydrogens (tertiary/aromatic N) is 3. The molecule has 1 aromatic carbocycles. The molecule has 0 saturated heterocycles. The Morgan fingerprint density at radius 2 is 2.05 bits per heavy atom. The van der Waals surface area contributed by atoms with Crippen LogP contribution >= 0.6 is 0 Å². The molecule has 1 atom stereocenters. The zero-order chi connectivity index (χ0) is 14.1. The van der Waals surface area contributed by atoms with Crippen molar-refractivity contribution in [2.45, 2.75) is 39.3 Å². The van der Waals surface area contributed by atoms with Crippen molar-refractivity contribution in [1.82, 2.24) is 9.97 Å². The van der Waals surface area contributed by atoms with Crippen LogP contribution in [0.3, 0.4) is 0 Å². The Morgan fingerprint density at radius 3 is 2.85 bits per heavy atom. The standard InChI is InChI=1S/C16H20N4/c1-11(2)18-16-17-9-8-15(19-16)20-12(3)10-13-6-4-5-7-14(13)20/h4-9,11-12H,10H2,1-3H3,(H,17,18,19). The maximum atomic E-state index is 4.65. The zero-order valence-electron chi connectivity index (χ0n) is 12.2. The van der Waals surface area contributed by atoms with E-state index >= 15 is 0 Å². The number of para-hydroxylation sites is 1. The Morgan fingerprint density at radius 1 is 1.25 bits per heavy atom. The number of fused-ring (bicyclic) bond motifs is 1. The molecule has 4 heteroatoms. The number of hydrogen-bond donors (Lipinski definition) is 1. The van der Waals surface area contributed by atoms with Gasteiger partial charge in [-0.2, -0.15) is 4.98 Å². The maximum Gasteiger partial charge on any atom is 0.224 e. The van der Waals surface area contributed by atoms with Crippen LogP contribution in [0, 0.1) is 0 Å². The molecule has 4 nitrogen and oxygen atoms in total. The van der Waals surface area contributed by atoms with Gasteiger partial charge in [0.1, 0.15) is 5.82 Å². The van der Waals surface area contributed by atoms with Gasteiger partial charge in [0.2, 0.25) is 5.95 Å². The molecule has 3 rings (SSSR count). The van der Waals surface area contributed by atoms with Crippen LogP contribution in [0.25, 0.3) is 0 Å². The zero-order valence-corrected chi connectivity index (χ0v) is 12.2. The van der Waals surface area contributed by atoms with Gasteiger partial charge in [0.15, 0.2) is 0 Å². The van der Waals surface area contributed by atoms with Crippen LogP contribution in [0.2, 0.25) is 0 Å². The molecule has 104 valence electrons. The Hall–Kier alpha value is -2.10. The quantitative estimate of drug-likeness (QED) is 0.926. The summed E-state index contributed by atoms with van der Waals surface area (Å²) < 4.78 is 0. The summed E-state index contributed by atoms with van der Waals surface area (Å²) in [5.74, 6) is 1.65. The van der Waals surface area contributed by atoms with Gasteiger partial charge < -0.3 is 10.2 Å². The van der Waals surface area contributed by atoms with Crippen molar-refractivity contribution in [3.05, 3.63) is 42.1 Å². The van der Waals surface area contributed by atoms with Crippen molar-refractivity contribution in [3.63, 3.8) is 0 Å². The average molecular weight is 268 g/mol. The smallest absolute Gasteiger partial charge is 0.224 e. The van der Waals surface area contributed by atoms with Crippen LogP contribution in [0.5, 0.6) is 0 Å². The molecule has 1 aliphatic heterocycles. The summed E-state index contributed by atoms with van der Waals surface area (Å²) in [4.78, 5) is 11.2. The van der Waals surface area contributed by atoms with E-state index in [0.29, 0.717) is 18.0 Å². The van der Waals surface area contributed by atoms with E-state index in [9.17, 15) is 0 Å². The number of hydrogen-bond acceptors (Lipinski definition) is 4. The molecule has 0 bridgehead atoms. The lowest BCUT2D eigenvalue weighted by Crippen LogP contribution is -2.25. The van der Waals surface area contributed by atoms with E-state index < -0.39 is 0 Å². The second-order valence-corrected chi connectivity index (χ2v) is 5.59. The highest BCUT2D eigenvalue weighted by atomic mass is 15.3. The van der Waals surface area contributed by atoms with Gasteiger partial charge in [0.05, 0.1) is 0 Å². The summed E-state index contributed by atoms with van der Waals surface area (Å²) in [6.45, 7) is 6.41. The van der Waals surface area contributed by atoms with Crippen molar-refractivity contribution in [3.8, 4) is 0 Å². The summed E-state index contributed by atoms with van der Waals surface area (Å²) in [6, 6.07) is 11.3. The molecule has 1 N–H and O–H groups in total. The third-order valence-corrected chi connectivity index (χ3v) is 3.51. The normalized spacial score (nSPS) is 17.4. The Bertz CT molecular complexity index is 609.